The van der Waals surface area contributed by atoms with Crippen molar-refractivity contribution in [2.75, 3.05) is 7.11 Å². The molecule has 0 unspecified atom stereocenters. The van der Waals surface area contributed by atoms with Crippen LogP contribution in [0.3, 0.4) is 0 Å². The van der Waals surface area contributed by atoms with Gasteiger partial charge in [-0.1, -0.05) is 47.5 Å². The van der Waals surface area contributed by atoms with Crippen molar-refractivity contribution >= 4 is 29.6 Å². The SMILES string of the molecule is COC(=O)C1=C(C)N(Cc2ccc(C)cc2)C(=O)/C1=C\c1cc(C)n(-c2ccc(C)c(Cl)c2)c1C. The lowest BCUT2D eigenvalue weighted by atomic mass is 10.0. The molecule has 0 saturated heterocycles. The predicted molar refractivity (Wildman–Crippen MR) is 139 cm³/mol. The molecule has 5 nitrogen and oxygen atoms in total. The summed E-state index contributed by atoms with van der Waals surface area (Å²) in [6.07, 6.45) is 1.79. The minimum absolute atomic E-state index is 0.216. The van der Waals surface area contributed by atoms with Crippen molar-refractivity contribution in [3.05, 3.63) is 104 Å². The summed E-state index contributed by atoms with van der Waals surface area (Å²) < 4.78 is 7.14. The van der Waals surface area contributed by atoms with Crippen LogP contribution in [0.2, 0.25) is 5.02 Å². The number of esters is 1. The van der Waals surface area contributed by atoms with Crippen LogP contribution < -0.4 is 0 Å². The van der Waals surface area contributed by atoms with Gasteiger partial charge in [-0.15, -0.1) is 0 Å². The number of halogens is 1. The highest BCUT2D eigenvalue weighted by Crippen LogP contribution is 2.34. The van der Waals surface area contributed by atoms with Gasteiger partial charge in [0, 0.05) is 27.8 Å². The van der Waals surface area contributed by atoms with Crippen molar-refractivity contribution in [2.24, 2.45) is 0 Å². The standard InChI is InChI=1S/C29H29ClN2O3/c1-17-7-10-22(11-8-17)16-31-21(5)27(29(34)35-6)25(28(31)33)14-23-13-19(3)32(20(23)4)24-12-9-18(2)26(30)15-24/h7-15H,16H2,1-6H3/b25-14-. The summed E-state index contributed by atoms with van der Waals surface area (Å²) in [5.41, 5.74) is 8.11. The predicted octanol–water partition coefficient (Wildman–Crippen LogP) is 6.24. The summed E-state index contributed by atoms with van der Waals surface area (Å²) >= 11 is 6.38. The van der Waals surface area contributed by atoms with Gasteiger partial charge >= 0.3 is 5.97 Å². The minimum atomic E-state index is -0.521. The van der Waals surface area contributed by atoms with Gasteiger partial charge in [0.15, 0.2) is 0 Å². The van der Waals surface area contributed by atoms with E-state index in [1.165, 1.54) is 7.11 Å². The van der Waals surface area contributed by atoms with Gasteiger partial charge in [0.05, 0.1) is 24.8 Å². The van der Waals surface area contributed by atoms with Gasteiger partial charge in [-0.05, 0) is 75.6 Å². The van der Waals surface area contributed by atoms with Gasteiger partial charge in [-0.2, -0.15) is 0 Å². The maximum absolute atomic E-state index is 13.6. The fourth-order valence-electron chi connectivity index (χ4n) is 4.50. The number of hydrogen-bond donors (Lipinski definition) is 0. The number of allylic oxidation sites excluding steroid dienone is 1. The molecule has 1 amide bonds. The Morgan fingerprint density at radius 2 is 1.69 bits per heavy atom. The molecule has 6 heteroatoms. The van der Waals surface area contributed by atoms with E-state index in [-0.39, 0.29) is 5.91 Å². The van der Waals surface area contributed by atoms with Crippen LogP contribution in [0.5, 0.6) is 0 Å². The molecule has 0 bridgehead atoms. The first-order chi connectivity index (χ1) is 16.6. The van der Waals surface area contributed by atoms with Crippen molar-refractivity contribution in [3.63, 3.8) is 0 Å². The average molecular weight is 489 g/mol. The summed E-state index contributed by atoms with van der Waals surface area (Å²) in [4.78, 5) is 27.9. The van der Waals surface area contributed by atoms with E-state index in [0.717, 1.165) is 39.3 Å². The smallest absolute Gasteiger partial charge is 0.340 e. The first-order valence-corrected chi connectivity index (χ1v) is 11.8. The van der Waals surface area contributed by atoms with Gasteiger partial charge in [0.25, 0.3) is 5.91 Å². The lowest BCUT2D eigenvalue weighted by molar-refractivity contribution is -0.136. The summed E-state index contributed by atoms with van der Waals surface area (Å²) in [7, 11) is 1.33. The van der Waals surface area contributed by atoms with Crippen molar-refractivity contribution in [1.82, 2.24) is 9.47 Å². The highest BCUT2D eigenvalue weighted by Gasteiger charge is 2.37. The number of aryl methyl sites for hydroxylation is 3. The Kier molecular flexibility index (Phi) is 6.73. The molecule has 0 fully saturated rings. The maximum Gasteiger partial charge on any atom is 0.340 e. The normalized spacial score (nSPS) is 14.9. The van der Waals surface area contributed by atoms with E-state index in [1.807, 2.05) is 76.2 Å². The maximum atomic E-state index is 13.6. The lowest BCUT2D eigenvalue weighted by Crippen LogP contribution is -2.24. The molecule has 35 heavy (non-hydrogen) atoms. The second-order valence-corrected chi connectivity index (χ2v) is 9.39. The van der Waals surface area contributed by atoms with Gasteiger partial charge in [0.2, 0.25) is 0 Å². The quantitative estimate of drug-likeness (QED) is 0.315. The second-order valence-electron chi connectivity index (χ2n) is 8.98. The van der Waals surface area contributed by atoms with Crippen molar-refractivity contribution in [1.29, 1.82) is 0 Å². The summed E-state index contributed by atoms with van der Waals surface area (Å²) in [6, 6.07) is 16.0. The summed E-state index contributed by atoms with van der Waals surface area (Å²) in [6.45, 7) is 10.2. The van der Waals surface area contributed by atoms with Crippen molar-refractivity contribution < 1.29 is 14.3 Å². The molecule has 0 spiro atoms. The zero-order chi connectivity index (χ0) is 25.4. The largest absolute Gasteiger partial charge is 0.465 e. The van der Waals surface area contributed by atoms with E-state index in [2.05, 4.69) is 4.57 Å². The van der Waals surface area contributed by atoms with Crippen LogP contribution in [0.1, 0.15) is 40.6 Å². The fourth-order valence-corrected chi connectivity index (χ4v) is 4.68. The van der Waals surface area contributed by atoms with E-state index < -0.39 is 5.97 Å². The number of ether oxygens (including phenoxy) is 1. The van der Waals surface area contributed by atoms with E-state index in [0.29, 0.717) is 28.4 Å². The molecule has 4 rings (SSSR count). The molecule has 1 aliphatic rings. The Morgan fingerprint density at radius 1 is 1.00 bits per heavy atom. The van der Waals surface area contributed by atoms with Gasteiger partial charge in [-0.25, -0.2) is 4.79 Å². The zero-order valence-corrected chi connectivity index (χ0v) is 21.7. The highest BCUT2D eigenvalue weighted by molar-refractivity contribution is 6.31. The summed E-state index contributed by atoms with van der Waals surface area (Å²) in [5.74, 6) is -0.737. The number of rotatable bonds is 5. The van der Waals surface area contributed by atoms with Crippen LogP contribution in [0.15, 0.2) is 65.4 Å². The minimum Gasteiger partial charge on any atom is -0.465 e. The number of nitrogens with zero attached hydrogens (tertiary/aromatic N) is 2. The van der Waals surface area contributed by atoms with E-state index in [4.69, 9.17) is 16.3 Å². The molecule has 0 atom stereocenters. The second kappa shape index (κ2) is 9.59. The molecule has 0 aliphatic carbocycles. The van der Waals surface area contributed by atoms with E-state index in [9.17, 15) is 9.59 Å². The van der Waals surface area contributed by atoms with Crippen molar-refractivity contribution in [2.45, 2.75) is 41.2 Å². The Morgan fingerprint density at radius 3 is 2.31 bits per heavy atom. The van der Waals surface area contributed by atoms with Crippen LogP contribution >= 0.6 is 11.6 Å². The zero-order valence-electron chi connectivity index (χ0n) is 20.9. The molecular formula is C29H29ClN2O3. The third-order valence-electron chi connectivity index (χ3n) is 6.55. The number of aromatic nitrogens is 1. The molecular weight excluding hydrogens is 460 g/mol. The number of hydrogen-bond acceptors (Lipinski definition) is 3. The molecule has 1 aromatic heterocycles. The van der Waals surface area contributed by atoms with Crippen molar-refractivity contribution in [3.8, 4) is 5.69 Å². The monoisotopic (exact) mass is 488 g/mol. The molecule has 2 heterocycles. The number of methoxy groups -OCH3 is 1. The van der Waals surface area contributed by atoms with Crippen LogP contribution in [-0.4, -0.2) is 28.5 Å². The average Bonchev–Trinajstić information content (AvgIpc) is 3.23. The number of benzene rings is 2. The first kappa shape index (κ1) is 24.6. The Bertz CT molecular complexity index is 1390. The Balaban J connectivity index is 1.78. The number of amides is 1. The fraction of sp³-hybridized carbons (Fsp3) is 0.241. The third kappa shape index (κ3) is 4.56. The third-order valence-corrected chi connectivity index (χ3v) is 6.95. The number of carbonyl (C=O) groups excluding carboxylic acids is 2. The Hall–Kier alpha value is -3.57. The van der Waals surface area contributed by atoms with Crippen LogP contribution in [-0.2, 0) is 20.9 Å². The molecule has 0 saturated carbocycles. The highest BCUT2D eigenvalue weighted by atomic mass is 35.5. The van der Waals surface area contributed by atoms with Crippen LogP contribution in [0.4, 0.5) is 0 Å². The molecule has 180 valence electrons. The topological polar surface area (TPSA) is 51.5 Å². The van der Waals surface area contributed by atoms with Gasteiger partial charge < -0.3 is 14.2 Å². The summed E-state index contributed by atoms with van der Waals surface area (Å²) in [5, 5.41) is 0.694. The van der Waals surface area contributed by atoms with Crippen LogP contribution in [0, 0.1) is 27.7 Å². The molecule has 0 N–H and O–H groups in total. The lowest BCUT2D eigenvalue weighted by Gasteiger charge is -2.18. The van der Waals surface area contributed by atoms with Gasteiger partial charge in [-0.3, -0.25) is 4.79 Å². The van der Waals surface area contributed by atoms with E-state index >= 15 is 0 Å². The molecule has 2 aromatic carbocycles. The van der Waals surface area contributed by atoms with E-state index in [1.54, 1.807) is 17.9 Å². The Labute approximate surface area is 211 Å². The van der Waals surface area contributed by atoms with Crippen LogP contribution in [0.25, 0.3) is 11.8 Å². The first-order valence-electron chi connectivity index (χ1n) is 11.5. The van der Waals surface area contributed by atoms with Gasteiger partial charge in [0.1, 0.15) is 0 Å². The molecule has 1 aliphatic heterocycles. The molecule has 0 radical (unpaired) electrons. The molecule has 3 aromatic rings. The number of carbonyl (C=O) groups is 2.